The molecule has 0 unspecified atom stereocenters. The fourth-order valence-electron chi connectivity index (χ4n) is 0.315. The van der Waals surface area contributed by atoms with E-state index in [4.69, 9.17) is 5.73 Å². The van der Waals surface area contributed by atoms with Crippen LogP contribution in [-0.4, -0.2) is 10.1 Å². The number of nitrogen functional groups attached to an aromatic ring is 1. The Kier molecular flexibility index (Phi) is 0.714. The highest BCUT2D eigenvalue weighted by Crippen LogP contribution is 1.92. The predicted octanol–water partition coefficient (Wildman–Crippen LogP) is -0.0398. The third kappa shape index (κ3) is 0.677. The van der Waals surface area contributed by atoms with Crippen molar-refractivity contribution >= 4 is 5.95 Å². The van der Waals surface area contributed by atoms with Crippen LogP contribution >= 0.6 is 0 Å². The largest absolute Gasteiger partial charge is 0.365 e. The second-order valence-electron chi connectivity index (χ2n) is 1.17. The number of nitrogens with two attached hydrogens (primary N) is 1. The molecule has 0 amide bonds. The number of hydrogen-bond donors (Lipinski definition) is 1. The van der Waals surface area contributed by atoms with Gasteiger partial charge in [0.25, 0.3) is 5.95 Å². The second-order valence-corrected chi connectivity index (χ2v) is 1.17. The number of rotatable bonds is 0. The summed E-state index contributed by atoms with van der Waals surface area (Å²) in [4.78, 5) is 3.61. The number of aromatic nitrogens is 2. The van der Waals surface area contributed by atoms with Crippen LogP contribution in [0.5, 0.6) is 0 Å². The Hall–Kier alpha value is -1.06. The van der Waals surface area contributed by atoms with Gasteiger partial charge in [-0.15, -0.1) is 0 Å². The zero-order chi connectivity index (χ0) is 5.28. The molecular formula is C3H5N3O. The maximum absolute atomic E-state index is 5.06. The van der Waals surface area contributed by atoms with E-state index in [-0.39, 0.29) is 5.95 Å². The summed E-state index contributed by atoms with van der Waals surface area (Å²) >= 11 is 0. The van der Waals surface area contributed by atoms with Crippen molar-refractivity contribution in [1.29, 1.82) is 0 Å². The molecule has 0 saturated carbocycles. The van der Waals surface area contributed by atoms with Gasteiger partial charge in [-0.1, -0.05) is 0 Å². The minimum absolute atomic E-state index is 0.192. The minimum Gasteiger partial charge on any atom is -0.365 e. The summed E-state index contributed by atoms with van der Waals surface area (Å²) in [6.07, 6.45) is 0. The summed E-state index contributed by atoms with van der Waals surface area (Å²) < 4.78 is 4.48. The smallest absolute Gasteiger partial charge is 0.260 e. The molecule has 7 heavy (non-hydrogen) atoms. The predicted molar refractivity (Wildman–Crippen MR) is 23.4 cm³/mol. The van der Waals surface area contributed by atoms with E-state index in [1.165, 1.54) is 0 Å². The van der Waals surface area contributed by atoms with Gasteiger partial charge < -0.3 is 10.3 Å². The van der Waals surface area contributed by atoms with Crippen LogP contribution in [0.3, 0.4) is 0 Å². The molecule has 1 heterocycles. The van der Waals surface area contributed by atoms with E-state index in [1.807, 2.05) is 0 Å². The molecule has 0 aliphatic carbocycles. The molecule has 0 aromatic carbocycles. The maximum atomic E-state index is 5.06. The third-order valence-electron chi connectivity index (χ3n) is 0.543. The van der Waals surface area contributed by atoms with Crippen LogP contribution in [-0.2, 0) is 0 Å². The highest BCUT2D eigenvalue weighted by molar-refractivity contribution is 5.09. The lowest BCUT2D eigenvalue weighted by Gasteiger charge is -1.65. The SMILES string of the molecule is Cc1nc(N)no1. The van der Waals surface area contributed by atoms with Crippen LogP contribution in [0.4, 0.5) is 5.95 Å². The molecule has 2 N–H and O–H groups in total. The van der Waals surface area contributed by atoms with Gasteiger partial charge in [-0.05, 0) is 5.16 Å². The van der Waals surface area contributed by atoms with E-state index in [1.54, 1.807) is 6.92 Å². The molecule has 0 atom stereocenters. The molecule has 1 rings (SSSR count). The monoisotopic (exact) mass is 99.0 g/mol. The van der Waals surface area contributed by atoms with Gasteiger partial charge in [0.1, 0.15) is 0 Å². The summed E-state index contributed by atoms with van der Waals surface area (Å²) in [5, 5.41) is 3.31. The summed E-state index contributed by atoms with van der Waals surface area (Å²) in [5.74, 6) is 0.690. The van der Waals surface area contributed by atoms with Crippen LogP contribution < -0.4 is 5.73 Å². The Morgan fingerprint density at radius 3 is 2.57 bits per heavy atom. The first-order valence-corrected chi connectivity index (χ1v) is 1.85. The zero-order valence-electron chi connectivity index (χ0n) is 3.88. The van der Waals surface area contributed by atoms with Gasteiger partial charge in [-0.3, -0.25) is 0 Å². The molecule has 38 valence electrons. The van der Waals surface area contributed by atoms with E-state index < -0.39 is 0 Å². The highest BCUT2D eigenvalue weighted by Gasteiger charge is 1.90. The van der Waals surface area contributed by atoms with Crippen molar-refractivity contribution in [1.82, 2.24) is 10.1 Å². The number of anilines is 1. The van der Waals surface area contributed by atoms with Crippen LogP contribution in [0.15, 0.2) is 4.52 Å². The normalized spacial score (nSPS) is 9.29. The molecule has 4 nitrogen and oxygen atoms in total. The lowest BCUT2D eigenvalue weighted by Crippen LogP contribution is -1.84. The molecule has 0 radical (unpaired) electrons. The van der Waals surface area contributed by atoms with Crippen molar-refractivity contribution in [3.8, 4) is 0 Å². The summed E-state index contributed by atoms with van der Waals surface area (Å²) in [6, 6.07) is 0. The lowest BCUT2D eigenvalue weighted by molar-refractivity contribution is 0.395. The lowest BCUT2D eigenvalue weighted by atomic mass is 10.8. The van der Waals surface area contributed by atoms with Gasteiger partial charge in [0.2, 0.25) is 5.89 Å². The molecule has 1 aromatic rings. The van der Waals surface area contributed by atoms with Crippen LogP contribution in [0.2, 0.25) is 0 Å². The Morgan fingerprint density at radius 1 is 1.71 bits per heavy atom. The van der Waals surface area contributed by atoms with E-state index in [2.05, 4.69) is 14.7 Å². The van der Waals surface area contributed by atoms with Gasteiger partial charge in [0, 0.05) is 6.92 Å². The van der Waals surface area contributed by atoms with E-state index in [0.29, 0.717) is 5.89 Å². The number of nitrogens with zero attached hydrogens (tertiary/aromatic N) is 2. The summed E-state index contributed by atoms with van der Waals surface area (Å²) in [6.45, 7) is 1.68. The highest BCUT2D eigenvalue weighted by atomic mass is 16.5. The molecule has 4 heteroatoms. The van der Waals surface area contributed by atoms with E-state index in [9.17, 15) is 0 Å². The summed E-state index contributed by atoms with van der Waals surface area (Å²) in [7, 11) is 0. The van der Waals surface area contributed by atoms with Crippen molar-refractivity contribution in [3.05, 3.63) is 5.89 Å². The fraction of sp³-hybridized carbons (Fsp3) is 0.333. The van der Waals surface area contributed by atoms with E-state index in [0.717, 1.165) is 0 Å². The van der Waals surface area contributed by atoms with Gasteiger partial charge in [-0.2, -0.15) is 4.98 Å². The first kappa shape index (κ1) is 4.11. The quantitative estimate of drug-likeness (QED) is 0.495. The van der Waals surface area contributed by atoms with Gasteiger partial charge in [0.05, 0.1) is 0 Å². The molecule has 0 fully saturated rings. The van der Waals surface area contributed by atoms with Crippen molar-refractivity contribution in [2.75, 3.05) is 5.73 Å². The summed E-state index contributed by atoms with van der Waals surface area (Å²) in [5.41, 5.74) is 5.06. The third-order valence-corrected chi connectivity index (χ3v) is 0.543. The van der Waals surface area contributed by atoms with Gasteiger partial charge >= 0.3 is 0 Å². The average Bonchev–Trinajstić information content (AvgIpc) is 1.87. The van der Waals surface area contributed by atoms with Gasteiger partial charge in [0.15, 0.2) is 0 Å². The standard InChI is InChI=1S/C3H5N3O/c1-2-5-3(4)6-7-2/h1H3,(H2,4,6). The molecule has 0 bridgehead atoms. The molecule has 0 spiro atoms. The van der Waals surface area contributed by atoms with Crippen LogP contribution in [0.25, 0.3) is 0 Å². The first-order chi connectivity index (χ1) is 3.29. The second kappa shape index (κ2) is 1.22. The van der Waals surface area contributed by atoms with Crippen molar-refractivity contribution in [3.63, 3.8) is 0 Å². The first-order valence-electron chi connectivity index (χ1n) is 1.85. The Bertz CT molecular complexity index is 142. The molecular weight excluding hydrogens is 94.1 g/mol. The Balaban J connectivity index is 3.04. The van der Waals surface area contributed by atoms with Crippen molar-refractivity contribution in [2.24, 2.45) is 0 Å². The molecule has 0 aliphatic heterocycles. The van der Waals surface area contributed by atoms with Crippen molar-refractivity contribution < 1.29 is 4.52 Å². The van der Waals surface area contributed by atoms with Crippen LogP contribution in [0.1, 0.15) is 5.89 Å². The molecule has 0 aliphatic rings. The van der Waals surface area contributed by atoms with Crippen molar-refractivity contribution in [2.45, 2.75) is 6.92 Å². The number of hydrogen-bond acceptors (Lipinski definition) is 4. The van der Waals surface area contributed by atoms with Crippen LogP contribution in [0, 0.1) is 6.92 Å². The minimum atomic E-state index is 0.192. The van der Waals surface area contributed by atoms with E-state index >= 15 is 0 Å². The Morgan fingerprint density at radius 2 is 2.43 bits per heavy atom. The molecule has 0 saturated heterocycles. The molecule has 1 aromatic heterocycles. The average molecular weight is 99.1 g/mol. The fourth-order valence-corrected chi connectivity index (χ4v) is 0.315. The van der Waals surface area contributed by atoms with Gasteiger partial charge in [-0.25, -0.2) is 0 Å². The maximum Gasteiger partial charge on any atom is 0.260 e. The zero-order valence-corrected chi connectivity index (χ0v) is 3.88. The Labute approximate surface area is 40.3 Å². The number of aryl methyl sites for hydroxylation is 1. The topological polar surface area (TPSA) is 64.9 Å².